The van der Waals surface area contributed by atoms with E-state index in [2.05, 4.69) is 0 Å². The van der Waals surface area contributed by atoms with Crippen LogP contribution in [-0.4, -0.2) is 35.6 Å². The monoisotopic (exact) mass is 481 g/mol. The SMILES string of the molecule is CCOc1ccc(N2C(=O)[C@@H]3[C@H](c4ccc(C)cc4)OC4(C(=O)c5ccccc5C4=O)[C@H]3C2=O)cc1. The van der Waals surface area contributed by atoms with E-state index in [9.17, 15) is 19.2 Å². The first kappa shape index (κ1) is 22.4. The van der Waals surface area contributed by atoms with Crippen molar-refractivity contribution in [2.75, 3.05) is 11.5 Å². The molecule has 3 aromatic rings. The van der Waals surface area contributed by atoms with Gasteiger partial charge < -0.3 is 9.47 Å². The molecule has 180 valence electrons. The maximum absolute atomic E-state index is 13.9. The average Bonchev–Trinajstić information content (AvgIpc) is 3.45. The summed E-state index contributed by atoms with van der Waals surface area (Å²) in [7, 11) is 0. The predicted molar refractivity (Wildman–Crippen MR) is 130 cm³/mol. The number of nitrogens with zero attached hydrogens (tertiary/aromatic N) is 1. The second kappa shape index (κ2) is 7.96. The second-order valence-corrected chi connectivity index (χ2v) is 9.33. The molecule has 2 fully saturated rings. The minimum Gasteiger partial charge on any atom is -0.494 e. The van der Waals surface area contributed by atoms with Gasteiger partial charge in [-0.25, -0.2) is 4.90 Å². The summed E-state index contributed by atoms with van der Waals surface area (Å²) in [4.78, 5) is 56.4. The van der Waals surface area contributed by atoms with Crippen LogP contribution in [0.15, 0.2) is 72.8 Å². The summed E-state index contributed by atoms with van der Waals surface area (Å²) >= 11 is 0. The van der Waals surface area contributed by atoms with Crippen LogP contribution >= 0.6 is 0 Å². The van der Waals surface area contributed by atoms with Gasteiger partial charge in [0.15, 0.2) is 0 Å². The lowest BCUT2D eigenvalue weighted by atomic mass is 9.77. The van der Waals surface area contributed by atoms with Gasteiger partial charge >= 0.3 is 0 Å². The van der Waals surface area contributed by atoms with Crippen molar-refractivity contribution in [1.82, 2.24) is 0 Å². The lowest BCUT2D eigenvalue weighted by Gasteiger charge is -2.27. The number of ketones is 2. The van der Waals surface area contributed by atoms with Crippen molar-refractivity contribution >= 4 is 29.1 Å². The van der Waals surface area contributed by atoms with Gasteiger partial charge in [0, 0.05) is 11.1 Å². The largest absolute Gasteiger partial charge is 0.494 e. The van der Waals surface area contributed by atoms with Crippen molar-refractivity contribution in [3.8, 4) is 5.75 Å². The number of anilines is 1. The molecular weight excluding hydrogens is 458 g/mol. The fourth-order valence-corrected chi connectivity index (χ4v) is 5.69. The van der Waals surface area contributed by atoms with Crippen molar-refractivity contribution in [2.24, 2.45) is 11.8 Å². The Bertz CT molecular complexity index is 1390. The van der Waals surface area contributed by atoms with Crippen LogP contribution in [-0.2, 0) is 14.3 Å². The predicted octanol–water partition coefficient (Wildman–Crippen LogP) is 4.09. The van der Waals surface area contributed by atoms with Gasteiger partial charge in [0.25, 0.3) is 0 Å². The molecule has 0 saturated carbocycles. The number of amides is 2. The number of aryl methyl sites for hydroxylation is 1. The Hall–Kier alpha value is -4.10. The lowest BCUT2D eigenvalue weighted by molar-refractivity contribution is -0.127. The molecule has 1 aliphatic carbocycles. The molecule has 2 amide bonds. The Morgan fingerprint density at radius 3 is 2.03 bits per heavy atom. The number of rotatable bonds is 4. The number of carbonyl (C=O) groups excluding carboxylic acids is 4. The smallest absolute Gasteiger partial charge is 0.241 e. The zero-order chi connectivity index (χ0) is 25.2. The van der Waals surface area contributed by atoms with E-state index in [0.29, 0.717) is 23.6 Å². The summed E-state index contributed by atoms with van der Waals surface area (Å²) in [5, 5.41) is 0. The van der Waals surface area contributed by atoms with E-state index < -0.39 is 46.9 Å². The van der Waals surface area contributed by atoms with Crippen LogP contribution in [0.4, 0.5) is 5.69 Å². The first-order valence-corrected chi connectivity index (χ1v) is 11.9. The van der Waals surface area contributed by atoms with Gasteiger partial charge in [0.05, 0.1) is 30.2 Å². The topological polar surface area (TPSA) is 90.0 Å². The van der Waals surface area contributed by atoms with E-state index in [1.165, 1.54) is 0 Å². The summed E-state index contributed by atoms with van der Waals surface area (Å²) in [6.07, 6.45) is -0.929. The highest BCUT2D eigenvalue weighted by molar-refractivity contribution is 6.37. The van der Waals surface area contributed by atoms with Crippen LogP contribution in [0.3, 0.4) is 0 Å². The van der Waals surface area contributed by atoms with Crippen LogP contribution in [0.2, 0.25) is 0 Å². The fraction of sp³-hybridized carbons (Fsp3) is 0.241. The summed E-state index contributed by atoms with van der Waals surface area (Å²) in [6, 6.07) is 20.4. The number of fused-ring (bicyclic) bond motifs is 3. The van der Waals surface area contributed by atoms with E-state index in [4.69, 9.17) is 9.47 Å². The van der Waals surface area contributed by atoms with E-state index in [-0.39, 0.29) is 11.1 Å². The third-order valence-corrected chi connectivity index (χ3v) is 7.33. The maximum atomic E-state index is 13.9. The molecule has 2 heterocycles. The molecule has 0 bridgehead atoms. The third kappa shape index (κ3) is 2.89. The number of Topliss-reactive ketones (excluding diaryl/α,β-unsaturated/α-hetero) is 2. The van der Waals surface area contributed by atoms with Crippen molar-refractivity contribution in [2.45, 2.75) is 25.6 Å². The van der Waals surface area contributed by atoms with Crippen molar-refractivity contribution < 1.29 is 28.7 Å². The molecule has 6 rings (SSSR count). The molecule has 3 atom stereocenters. The van der Waals surface area contributed by atoms with Gasteiger partial charge in [-0.3, -0.25) is 19.2 Å². The van der Waals surface area contributed by atoms with E-state index >= 15 is 0 Å². The molecule has 0 unspecified atom stereocenters. The molecule has 2 saturated heterocycles. The van der Waals surface area contributed by atoms with Crippen molar-refractivity contribution in [3.63, 3.8) is 0 Å². The average molecular weight is 482 g/mol. The number of hydrogen-bond donors (Lipinski definition) is 0. The molecule has 3 aliphatic rings. The Labute approximate surface area is 207 Å². The first-order valence-electron chi connectivity index (χ1n) is 11.9. The zero-order valence-corrected chi connectivity index (χ0v) is 19.8. The quantitative estimate of drug-likeness (QED) is 0.412. The van der Waals surface area contributed by atoms with Gasteiger partial charge in [-0.15, -0.1) is 0 Å². The number of carbonyl (C=O) groups is 4. The van der Waals surface area contributed by atoms with Crippen LogP contribution in [0.1, 0.15) is 44.9 Å². The molecule has 0 radical (unpaired) electrons. The van der Waals surface area contributed by atoms with Crippen molar-refractivity contribution in [1.29, 1.82) is 0 Å². The highest BCUT2D eigenvalue weighted by Gasteiger charge is 2.74. The number of hydrogen-bond acceptors (Lipinski definition) is 6. The fourth-order valence-electron chi connectivity index (χ4n) is 5.69. The number of benzene rings is 3. The summed E-state index contributed by atoms with van der Waals surface area (Å²) in [5.74, 6) is -3.92. The molecule has 2 aliphatic heterocycles. The van der Waals surface area contributed by atoms with Crippen LogP contribution in [0.5, 0.6) is 5.75 Å². The first-order chi connectivity index (χ1) is 17.4. The Balaban J connectivity index is 1.49. The molecule has 0 aromatic heterocycles. The van der Waals surface area contributed by atoms with E-state index in [0.717, 1.165) is 10.5 Å². The van der Waals surface area contributed by atoms with Gasteiger partial charge in [0.2, 0.25) is 29.0 Å². The Morgan fingerprint density at radius 2 is 1.44 bits per heavy atom. The molecule has 0 N–H and O–H groups in total. The van der Waals surface area contributed by atoms with E-state index in [1.54, 1.807) is 48.5 Å². The van der Waals surface area contributed by atoms with Crippen molar-refractivity contribution in [3.05, 3.63) is 95.1 Å². The molecular formula is C29H23NO6. The summed E-state index contributed by atoms with van der Waals surface area (Å²) < 4.78 is 11.8. The van der Waals surface area contributed by atoms with Gasteiger partial charge in [-0.2, -0.15) is 0 Å². The zero-order valence-electron chi connectivity index (χ0n) is 19.8. The highest BCUT2D eigenvalue weighted by atomic mass is 16.5. The van der Waals surface area contributed by atoms with Gasteiger partial charge in [-0.1, -0.05) is 54.1 Å². The molecule has 7 nitrogen and oxygen atoms in total. The molecule has 7 heteroatoms. The second-order valence-electron chi connectivity index (χ2n) is 9.33. The minimum atomic E-state index is -2.07. The number of ether oxygens (including phenoxy) is 2. The summed E-state index contributed by atoms with van der Waals surface area (Å²) in [6.45, 7) is 4.27. The summed E-state index contributed by atoms with van der Waals surface area (Å²) in [5.41, 5.74) is 0.357. The third-order valence-electron chi connectivity index (χ3n) is 7.33. The standard InChI is InChI=1S/C29H23NO6/c1-3-35-19-14-12-18(13-15-19)30-27(33)22-23(28(30)34)29(36-24(22)17-10-8-16(2)9-11-17)25(31)20-6-4-5-7-21(20)26(29)32/h4-15,22-24H,3H2,1-2H3/t22-,23+,24-/m0/s1. The number of imide groups is 1. The maximum Gasteiger partial charge on any atom is 0.241 e. The molecule has 1 spiro atoms. The molecule has 36 heavy (non-hydrogen) atoms. The Kier molecular flexibility index (Phi) is 4.95. The van der Waals surface area contributed by atoms with E-state index in [1.807, 2.05) is 38.1 Å². The van der Waals surface area contributed by atoms with Crippen LogP contribution in [0.25, 0.3) is 0 Å². The minimum absolute atomic E-state index is 0.213. The Morgan fingerprint density at radius 1 is 0.833 bits per heavy atom. The lowest BCUT2D eigenvalue weighted by Crippen LogP contribution is -2.51. The van der Waals surface area contributed by atoms with Crippen LogP contribution in [0, 0.1) is 18.8 Å². The van der Waals surface area contributed by atoms with Gasteiger partial charge in [0.1, 0.15) is 5.75 Å². The highest BCUT2D eigenvalue weighted by Crippen LogP contribution is 2.57. The molecule has 3 aromatic carbocycles. The van der Waals surface area contributed by atoms with Gasteiger partial charge in [-0.05, 0) is 43.7 Å². The normalized spacial score (nSPS) is 23.9. The van der Waals surface area contributed by atoms with Crippen LogP contribution < -0.4 is 9.64 Å².